The second kappa shape index (κ2) is 8.53. The molecular formula is C22H26N4O3. The summed E-state index contributed by atoms with van der Waals surface area (Å²) in [5.74, 6) is 0.875. The summed E-state index contributed by atoms with van der Waals surface area (Å²) >= 11 is 0. The summed E-state index contributed by atoms with van der Waals surface area (Å²) in [6, 6.07) is 13.2. The van der Waals surface area contributed by atoms with Crippen LogP contribution in [0.5, 0.6) is 5.75 Å². The molecule has 1 saturated heterocycles. The summed E-state index contributed by atoms with van der Waals surface area (Å²) < 4.78 is 5.68. The summed E-state index contributed by atoms with van der Waals surface area (Å²) in [5, 5.41) is 6.26. The number of aryl methyl sites for hydroxylation is 1. The quantitative estimate of drug-likeness (QED) is 0.821. The van der Waals surface area contributed by atoms with Crippen molar-refractivity contribution in [2.45, 2.75) is 13.5 Å². The normalized spacial score (nSPS) is 16.4. The lowest BCUT2D eigenvalue weighted by molar-refractivity contribution is 0.0671. The number of carbonyl (C=O) groups is 2. The molecule has 0 aliphatic carbocycles. The number of ether oxygens (including phenoxy) is 1. The highest BCUT2D eigenvalue weighted by Gasteiger charge is 2.25. The van der Waals surface area contributed by atoms with E-state index in [-0.39, 0.29) is 11.9 Å². The number of rotatable bonds is 2. The maximum atomic E-state index is 12.7. The van der Waals surface area contributed by atoms with Crippen molar-refractivity contribution in [3.05, 3.63) is 59.2 Å². The molecule has 0 bridgehead atoms. The van der Waals surface area contributed by atoms with Crippen LogP contribution in [0.4, 0.5) is 10.5 Å². The van der Waals surface area contributed by atoms with Gasteiger partial charge in [0.1, 0.15) is 12.4 Å². The van der Waals surface area contributed by atoms with E-state index in [1.165, 1.54) is 0 Å². The van der Waals surface area contributed by atoms with E-state index in [4.69, 9.17) is 4.74 Å². The molecule has 1 fully saturated rings. The minimum atomic E-state index is -0.144. The molecule has 0 radical (unpaired) electrons. The van der Waals surface area contributed by atoms with Crippen LogP contribution in [-0.4, -0.2) is 61.1 Å². The van der Waals surface area contributed by atoms with Gasteiger partial charge in [-0.1, -0.05) is 17.7 Å². The molecule has 0 unspecified atom stereocenters. The zero-order valence-electron chi connectivity index (χ0n) is 16.6. The molecule has 7 heteroatoms. The highest BCUT2D eigenvalue weighted by atomic mass is 16.5. The van der Waals surface area contributed by atoms with E-state index in [1.807, 2.05) is 49.4 Å². The maximum absolute atomic E-state index is 12.7. The smallest absolute Gasteiger partial charge is 0.321 e. The largest absolute Gasteiger partial charge is 0.492 e. The van der Waals surface area contributed by atoms with E-state index in [0.717, 1.165) is 35.7 Å². The Hall–Kier alpha value is -3.06. The van der Waals surface area contributed by atoms with Gasteiger partial charge in [0, 0.05) is 56.1 Å². The molecule has 29 heavy (non-hydrogen) atoms. The molecule has 7 nitrogen and oxygen atoms in total. The van der Waals surface area contributed by atoms with Gasteiger partial charge in [0.2, 0.25) is 0 Å². The number of urea groups is 1. The van der Waals surface area contributed by atoms with Crippen LogP contribution in [0, 0.1) is 6.92 Å². The van der Waals surface area contributed by atoms with Crippen LogP contribution >= 0.6 is 0 Å². The standard InChI is InChI=1S/C22H26N4O3/c1-16-2-4-17(5-3-16)21(27)25-9-11-26(12-10-25)22(28)24-19-6-7-20-18(14-19)15-23-8-13-29-20/h2-7,14,23H,8-13,15H2,1H3,(H,24,28). The van der Waals surface area contributed by atoms with E-state index in [0.29, 0.717) is 38.3 Å². The van der Waals surface area contributed by atoms with Crippen molar-refractivity contribution in [2.24, 2.45) is 0 Å². The first-order valence-electron chi connectivity index (χ1n) is 9.98. The highest BCUT2D eigenvalue weighted by Crippen LogP contribution is 2.24. The third-order valence-electron chi connectivity index (χ3n) is 5.32. The Morgan fingerprint density at radius 1 is 1.00 bits per heavy atom. The van der Waals surface area contributed by atoms with E-state index in [2.05, 4.69) is 10.6 Å². The topological polar surface area (TPSA) is 73.9 Å². The van der Waals surface area contributed by atoms with Crippen molar-refractivity contribution in [1.82, 2.24) is 15.1 Å². The molecule has 0 atom stereocenters. The van der Waals surface area contributed by atoms with E-state index in [9.17, 15) is 9.59 Å². The Balaban J connectivity index is 1.33. The molecule has 2 aromatic rings. The van der Waals surface area contributed by atoms with Gasteiger partial charge in [-0.2, -0.15) is 0 Å². The number of amides is 3. The van der Waals surface area contributed by atoms with Gasteiger partial charge in [0.15, 0.2) is 0 Å². The maximum Gasteiger partial charge on any atom is 0.321 e. The van der Waals surface area contributed by atoms with Crippen molar-refractivity contribution in [3.8, 4) is 5.75 Å². The number of benzene rings is 2. The number of nitrogens with one attached hydrogen (secondary N) is 2. The molecule has 2 N–H and O–H groups in total. The van der Waals surface area contributed by atoms with E-state index in [1.54, 1.807) is 9.80 Å². The van der Waals surface area contributed by atoms with Gasteiger partial charge in [-0.15, -0.1) is 0 Å². The molecule has 0 aromatic heterocycles. The van der Waals surface area contributed by atoms with Gasteiger partial charge in [-0.25, -0.2) is 4.79 Å². The fourth-order valence-electron chi connectivity index (χ4n) is 3.59. The van der Waals surface area contributed by atoms with Gasteiger partial charge in [0.25, 0.3) is 5.91 Å². The Morgan fingerprint density at radius 3 is 2.48 bits per heavy atom. The lowest BCUT2D eigenvalue weighted by Gasteiger charge is -2.34. The number of hydrogen-bond donors (Lipinski definition) is 2. The van der Waals surface area contributed by atoms with Gasteiger partial charge in [0.05, 0.1) is 0 Å². The fraction of sp³-hybridized carbons (Fsp3) is 0.364. The van der Waals surface area contributed by atoms with Gasteiger partial charge < -0.3 is 25.2 Å². The van der Waals surface area contributed by atoms with Crippen LogP contribution in [0.2, 0.25) is 0 Å². The van der Waals surface area contributed by atoms with Crippen LogP contribution < -0.4 is 15.4 Å². The Kier molecular flexibility index (Phi) is 5.67. The average molecular weight is 394 g/mol. The molecule has 2 heterocycles. The monoisotopic (exact) mass is 394 g/mol. The first-order chi connectivity index (χ1) is 14.1. The number of piperazine rings is 1. The van der Waals surface area contributed by atoms with Gasteiger partial charge in [-0.3, -0.25) is 4.79 Å². The van der Waals surface area contributed by atoms with Crippen molar-refractivity contribution in [1.29, 1.82) is 0 Å². The Labute approximate surface area is 170 Å². The molecule has 0 spiro atoms. The minimum Gasteiger partial charge on any atom is -0.492 e. The average Bonchev–Trinajstić information content (AvgIpc) is 2.99. The summed E-state index contributed by atoms with van der Waals surface area (Å²) in [5.41, 5.74) is 3.60. The summed E-state index contributed by atoms with van der Waals surface area (Å²) in [7, 11) is 0. The molecule has 2 aromatic carbocycles. The van der Waals surface area contributed by atoms with Crippen molar-refractivity contribution in [2.75, 3.05) is 44.6 Å². The Morgan fingerprint density at radius 2 is 1.72 bits per heavy atom. The zero-order chi connectivity index (χ0) is 20.2. The SMILES string of the molecule is Cc1ccc(C(=O)N2CCN(C(=O)Nc3ccc4c(c3)CNCCO4)CC2)cc1. The van der Waals surface area contributed by atoms with Crippen LogP contribution in [0.15, 0.2) is 42.5 Å². The first-order valence-corrected chi connectivity index (χ1v) is 9.98. The summed E-state index contributed by atoms with van der Waals surface area (Å²) in [4.78, 5) is 28.8. The zero-order valence-corrected chi connectivity index (χ0v) is 16.6. The summed E-state index contributed by atoms with van der Waals surface area (Å²) in [6.45, 7) is 6.26. The predicted molar refractivity (Wildman–Crippen MR) is 111 cm³/mol. The minimum absolute atomic E-state index is 0.0170. The van der Waals surface area contributed by atoms with Crippen molar-refractivity contribution >= 4 is 17.6 Å². The lowest BCUT2D eigenvalue weighted by atomic mass is 10.1. The van der Waals surface area contributed by atoms with Crippen molar-refractivity contribution in [3.63, 3.8) is 0 Å². The van der Waals surface area contributed by atoms with Crippen LogP contribution in [0.3, 0.4) is 0 Å². The van der Waals surface area contributed by atoms with Crippen LogP contribution in [0.1, 0.15) is 21.5 Å². The lowest BCUT2D eigenvalue weighted by Crippen LogP contribution is -2.51. The second-order valence-corrected chi connectivity index (χ2v) is 7.42. The molecule has 4 rings (SSSR count). The van der Waals surface area contributed by atoms with E-state index < -0.39 is 0 Å². The van der Waals surface area contributed by atoms with Crippen LogP contribution in [0.25, 0.3) is 0 Å². The number of fused-ring (bicyclic) bond motifs is 1. The molecule has 3 amide bonds. The van der Waals surface area contributed by atoms with Crippen LogP contribution in [-0.2, 0) is 6.54 Å². The third-order valence-corrected chi connectivity index (χ3v) is 5.32. The predicted octanol–water partition coefficient (Wildman–Crippen LogP) is 2.47. The number of hydrogen-bond acceptors (Lipinski definition) is 4. The number of anilines is 1. The fourth-order valence-corrected chi connectivity index (χ4v) is 3.59. The van der Waals surface area contributed by atoms with Crippen molar-refractivity contribution < 1.29 is 14.3 Å². The first kappa shape index (κ1) is 19.3. The van der Waals surface area contributed by atoms with Gasteiger partial charge in [-0.05, 0) is 37.3 Å². The number of nitrogens with zero attached hydrogens (tertiary/aromatic N) is 2. The Bertz CT molecular complexity index is 889. The van der Waals surface area contributed by atoms with Gasteiger partial charge >= 0.3 is 6.03 Å². The second-order valence-electron chi connectivity index (χ2n) is 7.42. The highest BCUT2D eigenvalue weighted by molar-refractivity contribution is 5.94. The molecule has 152 valence electrons. The number of carbonyl (C=O) groups excluding carboxylic acids is 2. The molecular weight excluding hydrogens is 368 g/mol. The third kappa shape index (κ3) is 4.51. The molecule has 2 aliphatic heterocycles. The molecule has 0 saturated carbocycles. The van der Waals surface area contributed by atoms with E-state index >= 15 is 0 Å². The summed E-state index contributed by atoms with van der Waals surface area (Å²) in [6.07, 6.45) is 0. The molecule has 2 aliphatic rings.